The molecule has 4 heteroatoms. The van der Waals surface area contributed by atoms with Crippen LogP contribution in [0.5, 0.6) is 11.5 Å². The van der Waals surface area contributed by atoms with Gasteiger partial charge in [-0.25, -0.2) is 0 Å². The van der Waals surface area contributed by atoms with E-state index in [-0.39, 0.29) is 0 Å². The van der Waals surface area contributed by atoms with Gasteiger partial charge in [-0.2, -0.15) is 0 Å². The standard InChI is InChI=1S/C22H32N2O2/c1-3-5-15-25-21-11-7-9-19(17-21)23-13-14-24-20-10-8-12-22(18-20)26-16-6-4-2/h7-12,17-18,23-24H,3-6,13-16H2,1-2H3. The lowest BCUT2D eigenvalue weighted by atomic mass is 10.3. The molecule has 0 spiro atoms. The Morgan fingerprint density at radius 3 is 1.58 bits per heavy atom. The molecule has 2 N–H and O–H groups in total. The summed E-state index contributed by atoms with van der Waals surface area (Å²) in [4.78, 5) is 0. The molecule has 2 aromatic carbocycles. The van der Waals surface area contributed by atoms with Crippen LogP contribution in [0.3, 0.4) is 0 Å². The number of ether oxygens (including phenoxy) is 2. The predicted molar refractivity (Wildman–Crippen MR) is 111 cm³/mol. The highest BCUT2D eigenvalue weighted by atomic mass is 16.5. The van der Waals surface area contributed by atoms with E-state index in [4.69, 9.17) is 9.47 Å². The van der Waals surface area contributed by atoms with Gasteiger partial charge in [0, 0.05) is 36.6 Å². The second-order valence-electron chi connectivity index (χ2n) is 6.31. The predicted octanol–water partition coefficient (Wildman–Crippen LogP) is 5.57. The molecular weight excluding hydrogens is 324 g/mol. The van der Waals surface area contributed by atoms with E-state index in [0.29, 0.717) is 0 Å². The van der Waals surface area contributed by atoms with Crippen molar-refractivity contribution >= 4 is 11.4 Å². The number of nitrogens with one attached hydrogen (secondary N) is 2. The Balaban J connectivity index is 1.71. The minimum Gasteiger partial charge on any atom is -0.494 e. The smallest absolute Gasteiger partial charge is 0.121 e. The minimum absolute atomic E-state index is 0.776. The summed E-state index contributed by atoms with van der Waals surface area (Å²) in [7, 11) is 0. The Bertz CT molecular complexity index is 576. The highest BCUT2D eigenvalue weighted by Crippen LogP contribution is 2.19. The van der Waals surface area contributed by atoms with Gasteiger partial charge < -0.3 is 20.1 Å². The summed E-state index contributed by atoms with van der Waals surface area (Å²) in [5.74, 6) is 1.85. The maximum absolute atomic E-state index is 5.75. The molecule has 0 fully saturated rings. The summed E-state index contributed by atoms with van der Waals surface area (Å²) in [5.41, 5.74) is 2.16. The molecule has 26 heavy (non-hydrogen) atoms. The lowest BCUT2D eigenvalue weighted by Crippen LogP contribution is -2.13. The number of benzene rings is 2. The first kappa shape index (κ1) is 20.0. The van der Waals surface area contributed by atoms with E-state index < -0.39 is 0 Å². The van der Waals surface area contributed by atoms with Crippen LogP contribution in [-0.4, -0.2) is 26.3 Å². The first-order valence-electron chi connectivity index (χ1n) is 9.75. The summed E-state index contributed by atoms with van der Waals surface area (Å²) < 4.78 is 11.5. The van der Waals surface area contributed by atoms with Gasteiger partial charge in [0.25, 0.3) is 0 Å². The quantitative estimate of drug-likeness (QED) is 0.461. The lowest BCUT2D eigenvalue weighted by molar-refractivity contribution is 0.309. The SMILES string of the molecule is CCCCOc1cccc(NCCNc2cccc(OCCCC)c2)c1. The fourth-order valence-electron chi connectivity index (χ4n) is 2.47. The van der Waals surface area contributed by atoms with Crippen LogP contribution in [0.2, 0.25) is 0 Å². The third kappa shape index (κ3) is 7.68. The molecule has 2 aromatic rings. The Morgan fingerprint density at radius 2 is 1.15 bits per heavy atom. The fourth-order valence-corrected chi connectivity index (χ4v) is 2.47. The molecule has 0 amide bonds. The Kier molecular flexibility index (Phi) is 9.26. The van der Waals surface area contributed by atoms with Crippen molar-refractivity contribution in [3.63, 3.8) is 0 Å². The van der Waals surface area contributed by atoms with E-state index in [9.17, 15) is 0 Å². The molecule has 0 aliphatic heterocycles. The van der Waals surface area contributed by atoms with E-state index in [0.717, 1.165) is 74.9 Å². The first-order chi connectivity index (χ1) is 12.8. The molecule has 0 aromatic heterocycles. The van der Waals surface area contributed by atoms with Crippen molar-refractivity contribution < 1.29 is 9.47 Å². The Labute approximate surface area is 157 Å². The number of anilines is 2. The van der Waals surface area contributed by atoms with Crippen molar-refractivity contribution in [1.29, 1.82) is 0 Å². The first-order valence-corrected chi connectivity index (χ1v) is 9.75. The molecule has 4 nitrogen and oxygen atoms in total. The molecule has 0 aliphatic rings. The maximum atomic E-state index is 5.75. The van der Waals surface area contributed by atoms with Crippen LogP contribution in [0.25, 0.3) is 0 Å². The van der Waals surface area contributed by atoms with Crippen molar-refractivity contribution in [2.45, 2.75) is 39.5 Å². The average molecular weight is 357 g/mol. The van der Waals surface area contributed by atoms with E-state index >= 15 is 0 Å². The highest BCUT2D eigenvalue weighted by molar-refractivity contribution is 5.50. The normalized spacial score (nSPS) is 10.4. The molecule has 0 saturated carbocycles. The maximum Gasteiger partial charge on any atom is 0.121 e. The molecule has 0 radical (unpaired) electrons. The number of hydrogen-bond acceptors (Lipinski definition) is 4. The van der Waals surface area contributed by atoms with E-state index in [1.54, 1.807) is 0 Å². The van der Waals surface area contributed by atoms with Crippen molar-refractivity contribution in [2.24, 2.45) is 0 Å². The van der Waals surface area contributed by atoms with Crippen LogP contribution in [0, 0.1) is 0 Å². The van der Waals surface area contributed by atoms with Crippen LogP contribution in [0.1, 0.15) is 39.5 Å². The van der Waals surface area contributed by atoms with Crippen molar-refractivity contribution in [1.82, 2.24) is 0 Å². The topological polar surface area (TPSA) is 42.5 Å². The third-order valence-corrected chi connectivity index (χ3v) is 3.98. The highest BCUT2D eigenvalue weighted by Gasteiger charge is 1.99. The lowest BCUT2D eigenvalue weighted by Gasteiger charge is -2.12. The third-order valence-electron chi connectivity index (χ3n) is 3.98. The molecule has 0 aliphatic carbocycles. The van der Waals surface area contributed by atoms with E-state index in [1.807, 2.05) is 24.3 Å². The summed E-state index contributed by atoms with van der Waals surface area (Å²) in [6.45, 7) is 7.55. The molecule has 2 rings (SSSR count). The van der Waals surface area contributed by atoms with Gasteiger partial charge in [0.05, 0.1) is 13.2 Å². The fraction of sp³-hybridized carbons (Fsp3) is 0.455. The number of hydrogen-bond donors (Lipinski definition) is 2. The van der Waals surface area contributed by atoms with Crippen LogP contribution in [0.15, 0.2) is 48.5 Å². The molecule has 0 atom stereocenters. The minimum atomic E-state index is 0.776. The van der Waals surface area contributed by atoms with Crippen molar-refractivity contribution in [3.05, 3.63) is 48.5 Å². The van der Waals surface area contributed by atoms with Gasteiger partial charge in [0.15, 0.2) is 0 Å². The van der Waals surface area contributed by atoms with Crippen LogP contribution >= 0.6 is 0 Å². The zero-order valence-electron chi connectivity index (χ0n) is 16.1. The largest absolute Gasteiger partial charge is 0.494 e. The summed E-state index contributed by atoms with van der Waals surface area (Å²) in [5, 5.41) is 6.86. The van der Waals surface area contributed by atoms with Gasteiger partial charge in [0.1, 0.15) is 11.5 Å². The second-order valence-corrected chi connectivity index (χ2v) is 6.31. The zero-order valence-corrected chi connectivity index (χ0v) is 16.1. The zero-order chi connectivity index (χ0) is 18.5. The molecular formula is C22H32N2O2. The van der Waals surface area contributed by atoms with Crippen LogP contribution < -0.4 is 20.1 Å². The Morgan fingerprint density at radius 1 is 0.692 bits per heavy atom. The number of unbranched alkanes of at least 4 members (excludes halogenated alkanes) is 2. The molecule has 0 heterocycles. The molecule has 0 unspecified atom stereocenters. The summed E-state index contributed by atoms with van der Waals surface area (Å²) >= 11 is 0. The van der Waals surface area contributed by atoms with Gasteiger partial charge in [-0.1, -0.05) is 38.8 Å². The van der Waals surface area contributed by atoms with Gasteiger partial charge >= 0.3 is 0 Å². The number of rotatable bonds is 13. The summed E-state index contributed by atoms with van der Waals surface area (Å²) in [6.07, 6.45) is 4.47. The van der Waals surface area contributed by atoms with Crippen LogP contribution in [0.4, 0.5) is 11.4 Å². The average Bonchev–Trinajstić information content (AvgIpc) is 2.67. The van der Waals surface area contributed by atoms with E-state index in [1.165, 1.54) is 0 Å². The van der Waals surface area contributed by atoms with Crippen LogP contribution in [-0.2, 0) is 0 Å². The Hall–Kier alpha value is -2.36. The molecule has 0 bridgehead atoms. The molecule has 0 saturated heterocycles. The van der Waals surface area contributed by atoms with Crippen molar-refractivity contribution in [3.8, 4) is 11.5 Å². The molecule has 142 valence electrons. The van der Waals surface area contributed by atoms with Gasteiger partial charge in [-0.15, -0.1) is 0 Å². The van der Waals surface area contributed by atoms with Gasteiger partial charge in [-0.3, -0.25) is 0 Å². The monoisotopic (exact) mass is 356 g/mol. The van der Waals surface area contributed by atoms with Gasteiger partial charge in [0.2, 0.25) is 0 Å². The second kappa shape index (κ2) is 12.1. The van der Waals surface area contributed by atoms with E-state index in [2.05, 4.69) is 48.7 Å². The van der Waals surface area contributed by atoms with Gasteiger partial charge in [-0.05, 0) is 37.1 Å². The summed E-state index contributed by atoms with van der Waals surface area (Å²) in [6, 6.07) is 16.3. The van der Waals surface area contributed by atoms with Crippen molar-refractivity contribution in [2.75, 3.05) is 36.9 Å².